The minimum Gasteiger partial charge on any atom is -0.396 e. The molecule has 0 spiro atoms. The van der Waals surface area contributed by atoms with Crippen molar-refractivity contribution < 1.29 is 14.4 Å². The number of hydrogen-bond donors (Lipinski definition) is 2. The average molecular weight is 184 g/mol. The normalized spacial score (nSPS) is 10.0. The Morgan fingerprint density at radius 2 is 2.54 bits per heavy atom. The smallest absolute Gasteiger partial charge is 0.273 e. The molecule has 5 nitrogen and oxygen atoms in total. The summed E-state index contributed by atoms with van der Waals surface area (Å²) in [5.74, 6) is 0.331. The van der Waals surface area contributed by atoms with E-state index in [1.807, 2.05) is 0 Å². The van der Waals surface area contributed by atoms with Crippen molar-refractivity contribution in [1.29, 1.82) is 0 Å². The maximum atomic E-state index is 11.2. The Hall–Kier alpha value is -1.36. The Bertz CT molecular complexity index is 283. The van der Waals surface area contributed by atoms with Gasteiger partial charge in [-0.2, -0.15) is 0 Å². The molecule has 0 saturated carbocycles. The average Bonchev–Trinajstić information content (AvgIpc) is 2.52. The molecule has 1 aromatic rings. The molecular weight excluding hydrogens is 172 g/mol. The Labute approximate surface area is 75.7 Å². The molecule has 0 aliphatic heterocycles. The number of carbonyl (C=O) groups excluding carboxylic acids is 1. The van der Waals surface area contributed by atoms with Gasteiger partial charge in [0.05, 0.1) is 0 Å². The fourth-order valence-corrected chi connectivity index (χ4v) is 0.845. The standard InChI is InChI=1S/C8H12N2O3/c1-6-5-7(10-13-6)8(12)9-3-2-4-11/h5,11H,2-4H2,1H3,(H,9,12). The van der Waals surface area contributed by atoms with Crippen LogP contribution in [0.2, 0.25) is 0 Å². The molecule has 1 amide bonds. The van der Waals surface area contributed by atoms with E-state index in [-0.39, 0.29) is 18.2 Å². The summed E-state index contributed by atoms with van der Waals surface area (Å²) in [6.45, 7) is 2.23. The van der Waals surface area contributed by atoms with Gasteiger partial charge in [0.15, 0.2) is 5.69 Å². The van der Waals surface area contributed by atoms with E-state index in [0.29, 0.717) is 18.7 Å². The molecule has 0 aromatic carbocycles. The Balaban J connectivity index is 2.40. The van der Waals surface area contributed by atoms with Gasteiger partial charge in [-0.15, -0.1) is 0 Å². The van der Waals surface area contributed by atoms with Gasteiger partial charge < -0.3 is 14.9 Å². The molecule has 72 valence electrons. The van der Waals surface area contributed by atoms with Gasteiger partial charge in [0, 0.05) is 19.2 Å². The zero-order chi connectivity index (χ0) is 9.68. The zero-order valence-electron chi connectivity index (χ0n) is 7.41. The summed E-state index contributed by atoms with van der Waals surface area (Å²) in [7, 11) is 0. The minimum absolute atomic E-state index is 0.0676. The van der Waals surface area contributed by atoms with Gasteiger partial charge in [-0.25, -0.2) is 0 Å². The quantitative estimate of drug-likeness (QED) is 0.650. The highest BCUT2D eigenvalue weighted by molar-refractivity contribution is 5.92. The van der Waals surface area contributed by atoms with Crippen LogP contribution in [0.4, 0.5) is 0 Å². The van der Waals surface area contributed by atoms with Crippen LogP contribution in [0.25, 0.3) is 0 Å². The van der Waals surface area contributed by atoms with Crippen molar-refractivity contribution in [1.82, 2.24) is 10.5 Å². The van der Waals surface area contributed by atoms with Crippen LogP contribution in [0, 0.1) is 6.92 Å². The van der Waals surface area contributed by atoms with Crippen LogP contribution in [0.1, 0.15) is 22.7 Å². The van der Waals surface area contributed by atoms with E-state index in [1.165, 1.54) is 0 Å². The molecule has 13 heavy (non-hydrogen) atoms. The van der Waals surface area contributed by atoms with Crippen molar-refractivity contribution >= 4 is 5.91 Å². The molecule has 1 rings (SSSR count). The molecule has 1 heterocycles. The largest absolute Gasteiger partial charge is 0.396 e. The van der Waals surface area contributed by atoms with E-state index in [9.17, 15) is 4.79 Å². The maximum Gasteiger partial charge on any atom is 0.273 e. The number of nitrogens with zero attached hydrogens (tertiary/aromatic N) is 1. The number of hydrogen-bond acceptors (Lipinski definition) is 4. The first-order valence-corrected chi connectivity index (χ1v) is 4.06. The second kappa shape index (κ2) is 4.61. The van der Waals surface area contributed by atoms with Crippen molar-refractivity contribution in [3.8, 4) is 0 Å². The van der Waals surface area contributed by atoms with Gasteiger partial charge in [0.25, 0.3) is 5.91 Å². The molecule has 0 saturated heterocycles. The number of aromatic nitrogens is 1. The lowest BCUT2D eigenvalue weighted by Crippen LogP contribution is -2.25. The molecule has 0 atom stereocenters. The van der Waals surface area contributed by atoms with Crippen molar-refractivity contribution in [3.63, 3.8) is 0 Å². The molecule has 2 N–H and O–H groups in total. The summed E-state index contributed by atoms with van der Waals surface area (Å²) in [6.07, 6.45) is 0.544. The molecular formula is C8H12N2O3. The van der Waals surface area contributed by atoms with Gasteiger partial charge in [0.2, 0.25) is 0 Å². The highest BCUT2D eigenvalue weighted by Crippen LogP contribution is 2.00. The van der Waals surface area contributed by atoms with Crippen molar-refractivity contribution in [2.75, 3.05) is 13.2 Å². The van der Waals surface area contributed by atoms with E-state index < -0.39 is 0 Å². The summed E-state index contributed by atoms with van der Waals surface area (Å²) < 4.78 is 4.73. The third-order valence-electron chi connectivity index (χ3n) is 1.48. The fraction of sp³-hybridized carbons (Fsp3) is 0.500. The third-order valence-corrected chi connectivity index (χ3v) is 1.48. The second-order valence-electron chi connectivity index (χ2n) is 2.66. The van der Waals surface area contributed by atoms with Gasteiger partial charge in [0.1, 0.15) is 5.76 Å². The number of nitrogens with one attached hydrogen (secondary N) is 1. The first kappa shape index (κ1) is 9.73. The summed E-state index contributed by atoms with van der Waals surface area (Å²) in [5.41, 5.74) is 0.274. The topological polar surface area (TPSA) is 75.4 Å². The molecule has 1 aromatic heterocycles. The van der Waals surface area contributed by atoms with Gasteiger partial charge in [-0.05, 0) is 13.3 Å². The zero-order valence-corrected chi connectivity index (χ0v) is 7.41. The first-order valence-electron chi connectivity index (χ1n) is 4.06. The summed E-state index contributed by atoms with van der Waals surface area (Å²) in [5, 5.41) is 14.6. The lowest BCUT2D eigenvalue weighted by atomic mass is 10.3. The lowest BCUT2D eigenvalue weighted by Gasteiger charge is -1.98. The molecule has 0 aliphatic rings. The molecule has 0 unspecified atom stereocenters. The van der Waals surface area contributed by atoms with E-state index in [0.717, 1.165) is 0 Å². The summed E-state index contributed by atoms with van der Waals surface area (Å²) in [6, 6.07) is 1.56. The van der Waals surface area contributed by atoms with Crippen LogP contribution in [-0.2, 0) is 0 Å². The highest BCUT2D eigenvalue weighted by Gasteiger charge is 2.08. The monoisotopic (exact) mass is 184 g/mol. The van der Waals surface area contributed by atoms with E-state index in [4.69, 9.17) is 9.63 Å². The van der Waals surface area contributed by atoms with Gasteiger partial charge >= 0.3 is 0 Å². The number of carbonyl (C=O) groups is 1. The predicted molar refractivity (Wildman–Crippen MR) is 45.3 cm³/mol. The van der Waals surface area contributed by atoms with Crippen LogP contribution >= 0.6 is 0 Å². The van der Waals surface area contributed by atoms with Crippen molar-refractivity contribution in [2.24, 2.45) is 0 Å². The summed E-state index contributed by atoms with van der Waals surface area (Å²) in [4.78, 5) is 11.2. The molecule has 0 bridgehead atoms. The van der Waals surface area contributed by atoms with Crippen LogP contribution in [0.15, 0.2) is 10.6 Å². The lowest BCUT2D eigenvalue weighted by molar-refractivity contribution is 0.0942. The molecule has 5 heteroatoms. The fourth-order valence-electron chi connectivity index (χ4n) is 0.845. The second-order valence-corrected chi connectivity index (χ2v) is 2.66. The predicted octanol–water partition coefficient (Wildman–Crippen LogP) is 0.0952. The third kappa shape index (κ3) is 2.87. The van der Waals surface area contributed by atoms with Gasteiger partial charge in [-0.1, -0.05) is 5.16 Å². The molecule has 0 aliphatic carbocycles. The summed E-state index contributed by atoms with van der Waals surface area (Å²) >= 11 is 0. The minimum atomic E-state index is -0.273. The number of aliphatic hydroxyl groups is 1. The first-order chi connectivity index (χ1) is 6.24. The molecule has 0 radical (unpaired) electrons. The van der Waals surface area contributed by atoms with E-state index >= 15 is 0 Å². The Kier molecular flexibility index (Phi) is 3.45. The van der Waals surface area contributed by atoms with Crippen molar-refractivity contribution in [3.05, 3.63) is 17.5 Å². The maximum absolute atomic E-state index is 11.2. The number of aliphatic hydroxyl groups excluding tert-OH is 1. The van der Waals surface area contributed by atoms with Crippen LogP contribution in [0.3, 0.4) is 0 Å². The van der Waals surface area contributed by atoms with Crippen LogP contribution in [-0.4, -0.2) is 29.3 Å². The van der Waals surface area contributed by atoms with Crippen LogP contribution in [0.5, 0.6) is 0 Å². The number of rotatable bonds is 4. The van der Waals surface area contributed by atoms with E-state index in [1.54, 1.807) is 13.0 Å². The van der Waals surface area contributed by atoms with Crippen LogP contribution < -0.4 is 5.32 Å². The van der Waals surface area contributed by atoms with E-state index in [2.05, 4.69) is 10.5 Å². The number of aryl methyl sites for hydroxylation is 1. The Morgan fingerprint density at radius 3 is 3.08 bits per heavy atom. The highest BCUT2D eigenvalue weighted by atomic mass is 16.5. The SMILES string of the molecule is Cc1cc(C(=O)NCCCO)no1. The van der Waals surface area contributed by atoms with Crippen molar-refractivity contribution in [2.45, 2.75) is 13.3 Å². The Morgan fingerprint density at radius 1 is 1.77 bits per heavy atom. The van der Waals surface area contributed by atoms with Gasteiger partial charge in [-0.3, -0.25) is 4.79 Å². The molecule has 0 fully saturated rings. The number of amides is 1.